The third-order valence-electron chi connectivity index (χ3n) is 5.09. The summed E-state index contributed by atoms with van der Waals surface area (Å²) in [7, 11) is 0. The lowest BCUT2D eigenvalue weighted by atomic mass is 9.58. The number of carbonyl (C=O) groups is 3. The molecule has 0 radical (unpaired) electrons. The molecular formula is C20H28F6O6. The van der Waals surface area contributed by atoms with Gasteiger partial charge >= 0.3 is 30.3 Å². The molecule has 0 aliphatic carbocycles. The summed E-state index contributed by atoms with van der Waals surface area (Å²) in [4.78, 5) is 37.3. The quantitative estimate of drug-likeness (QED) is 0.312. The molecular weight excluding hydrogens is 450 g/mol. The van der Waals surface area contributed by atoms with E-state index in [1.54, 1.807) is 20.8 Å². The molecule has 1 fully saturated rings. The van der Waals surface area contributed by atoms with Crippen molar-refractivity contribution in [2.45, 2.75) is 85.4 Å². The van der Waals surface area contributed by atoms with Crippen LogP contribution in [-0.4, -0.2) is 49.1 Å². The predicted octanol–water partition coefficient (Wildman–Crippen LogP) is 4.74. The Morgan fingerprint density at radius 1 is 1.00 bits per heavy atom. The third-order valence-corrected chi connectivity index (χ3v) is 5.09. The molecule has 1 rings (SSSR count). The number of ether oxygens (including phenoxy) is 3. The van der Waals surface area contributed by atoms with E-state index in [1.807, 2.05) is 0 Å². The smallest absolute Gasteiger partial charge is 0.434 e. The van der Waals surface area contributed by atoms with Crippen molar-refractivity contribution in [1.82, 2.24) is 0 Å². The fraction of sp³-hybridized carbons (Fsp3) is 0.850. The zero-order valence-corrected chi connectivity index (χ0v) is 18.7. The Morgan fingerprint density at radius 3 is 1.84 bits per heavy atom. The van der Waals surface area contributed by atoms with E-state index in [0.717, 1.165) is 0 Å². The molecule has 6 nitrogen and oxygen atoms in total. The van der Waals surface area contributed by atoms with Gasteiger partial charge in [0.05, 0.1) is 18.4 Å². The minimum Gasteiger partial charge on any atom is -0.463 e. The summed E-state index contributed by atoms with van der Waals surface area (Å²) in [6.07, 6.45) is -18.6. The highest BCUT2D eigenvalue weighted by molar-refractivity contribution is 5.87. The van der Waals surface area contributed by atoms with Crippen molar-refractivity contribution in [3.63, 3.8) is 0 Å². The van der Waals surface area contributed by atoms with Gasteiger partial charge in [0.15, 0.2) is 0 Å². The molecule has 186 valence electrons. The van der Waals surface area contributed by atoms with Crippen molar-refractivity contribution >= 4 is 17.9 Å². The van der Waals surface area contributed by atoms with Crippen LogP contribution in [0.5, 0.6) is 0 Å². The van der Waals surface area contributed by atoms with Crippen LogP contribution in [0.25, 0.3) is 0 Å². The maximum absolute atomic E-state index is 13.2. The van der Waals surface area contributed by atoms with Gasteiger partial charge in [-0.2, -0.15) is 26.3 Å². The predicted molar refractivity (Wildman–Crippen MR) is 98.0 cm³/mol. The maximum Gasteiger partial charge on any atom is 0.434 e. The minimum absolute atomic E-state index is 0.0144. The molecule has 1 heterocycles. The van der Waals surface area contributed by atoms with Crippen LogP contribution in [-0.2, 0) is 28.6 Å². The van der Waals surface area contributed by atoms with Crippen LogP contribution < -0.4 is 0 Å². The Kier molecular flexibility index (Phi) is 7.96. The van der Waals surface area contributed by atoms with Gasteiger partial charge in [0.2, 0.25) is 6.10 Å². The van der Waals surface area contributed by atoms with Gasteiger partial charge in [-0.3, -0.25) is 9.59 Å². The Morgan fingerprint density at radius 2 is 1.50 bits per heavy atom. The van der Waals surface area contributed by atoms with Crippen molar-refractivity contribution in [2.75, 3.05) is 6.61 Å². The number of hydrogen-bond donors (Lipinski definition) is 0. The summed E-state index contributed by atoms with van der Waals surface area (Å²) in [5.41, 5.74) is -3.78. The Balaban J connectivity index is 3.36. The second-order valence-electron chi connectivity index (χ2n) is 10.0. The summed E-state index contributed by atoms with van der Waals surface area (Å²) in [6.45, 7) is 9.47. The van der Waals surface area contributed by atoms with E-state index >= 15 is 0 Å². The number of halogens is 6. The molecule has 1 saturated heterocycles. The zero-order chi connectivity index (χ0) is 25.3. The summed E-state index contributed by atoms with van der Waals surface area (Å²) in [5, 5.41) is 0. The second kappa shape index (κ2) is 9.09. The lowest BCUT2D eigenvalue weighted by Gasteiger charge is -2.45. The minimum atomic E-state index is -5.89. The van der Waals surface area contributed by atoms with E-state index in [0.29, 0.717) is 0 Å². The number of esters is 3. The van der Waals surface area contributed by atoms with Crippen LogP contribution in [0.3, 0.4) is 0 Å². The molecule has 12 heteroatoms. The number of carbonyl (C=O) groups excluding carboxylic acids is 3. The molecule has 0 N–H and O–H groups in total. The van der Waals surface area contributed by atoms with E-state index in [2.05, 4.69) is 4.74 Å². The molecule has 0 amide bonds. The highest BCUT2D eigenvalue weighted by Crippen LogP contribution is 2.51. The fourth-order valence-corrected chi connectivity index (χ4v) is 3.51. The first-order valence-corrected chi connectivity index (χ1v) is 9.81. The Hall–Kier alpha value is -2.01. The van der Waals surface area contributed by atoms with Crippen molar-refractivity contribution in [2.24, 2.45) is 16.2 Å². The van der Waals surface area contributed by atoms with Crippen molar-refractivity contribution in [3.05, 3.63) is 0 Å². The Bertz CT molecular complexity index is 702. The van der Waals surface area contributed by atoms with E-state index < -0.39 is 65.1 Å². The molecule has 0 spiro atoms. The van der Waals surface area contributed by atoms with Crippen LogP contribution in [0.4, 0.5) is 26.3 Å². The zero-order valence-electron chi connectivity index (χ0n) is 18.7. The molecule has 32 heavy (non-hydrogen) atoms. The van der Waals surface area contributed by atoms with Gasteiger partial charge in [0.1, 0.15) is 0 Å². The molecule has 0 saturated carbocycles. The Labute approximate surface area is 181 Å². The van der Waals surface area contributed by atoms with Crippen LogP contribution in [0.2, 0.25) is 0 Å². The van der Waals surface area contributed by atoms with Crippen molar-refractivity contribution in [3.8, 4) is 0 Å². The van der Waals surface area contributed by atoms with Gasteiger partial charge in [-0.25, -0.2) is 4.79 Å². The topological polar surface area (TPSA) is 78.9 Å². The molecule has 0 aromatic heterocycles. The molecule has 0 bridgehead atoms. The van der Waals surface area contributed by atoms with Gasteiger partial charge in [-0.05, 0) is 17.3 Å². The number of cyclic esters (lactones) is 1. The molecule has 0 aromatic rings. The molecule has 1 aliphatic rings. The van der Waals surface area contributed by atoms with E-state index in [1.165, 1.54) is 20.8 Å². The second-order valence-corrected chi connectivity index (χ2v) is 10.0. The summed E-state index contributed by atoms with van der Waals surface area (Å²) >= 11 is 0. The average molecular weight is 478 g/mol. The normalized spacial score (nSPS) is 20.0. The lowest BCUT2D eigenvalue weighted by molar-refractivity contribution is -0.314. The number of alkyl halides is 6. The van der Waals surface area contributed by atoms with Gasteiger partial charge in [0, 0.05) is 6.42 Å². The van der Waals surface area contributed by atoms with Crippen LogP contribution in [0, 0.1) is 16.2 Å². The van der Waals surface area contributed by atoms with Crippen molar-refractivity contribution in [1.29, 1.82) is 0 Å². The van der Waals surface area contributed by atoms with Crippen molar-refractivity contribution < 1.29 is 54.9 Å². The number of rotatable bonds is 6. The number of hydrogen-bond acceptors (Lipinski definition) is 6. The molecule has 2 atom stereocenters. The first-order valence-electron chi connectivity index (χ1n) is 9.81. The molecule has 2 unspecified atom stereocenters. The first kappa shape index (κ1) is 28.0. The summed E-state index contributed by atoms with van der Waals surface area (Å²) in [6, 6.07) is 0. The van der Waals surface area contributed by atoms with Gasteiger partial charge in [0.25, 0.3) is 6.10 Å². The van der Waals surface area contributed by atoms with Crippen LogP contribution in [0.1, 0.15) is 60.8 Å². The average Bonchev–Trinajstić information content (AvgIpc) is 2.92. The van der Waals surface area contributed by atoms with Crippen LogP contribution in [0.15, 0.2) is 0 Å². The highest BCUT2D eigenvalue weighted by Gasteiger charge is 2.61. The van der Waals surface area contributed by atoms with Gasteiger partial charge in [-0.1, -0.05) is 41.5 Å². The lowest BCUT2D eigenvalue weighted by Crippen LogP contribution is -2.51. The van der Waals surface area contributed by atoms with Gasteiger partial charge in [-0.15, -0.1) is 0 Å². The largest absolute Gasteiger partial charge is 0.463 e. The van der Waals surface area contributed by atoms with E-state index in [-0.39, 0.29) is 19.4 Å². The summed E-state index contributed by atoms with van der Waals surface area (Å²) in [5.74, 6) is -3.79. The third kappa shape index (κ3) is 6.99. The first-order chi connectivity index (χ1) is 14.1. The highest BCUT2D eigenvalue weighted by atomic mass is 19.4. The van der Waals surface area contributed by atoms with E-state index in [4.69, 9.17) is 9.47 Å². The van der Waals surface area contributed by atoms with E-state index in [9.17, 15) is 40.7 Å². The monoisotopic (exact) mass is 478 g/mol. The SMILES string of the molecule is CC(C)(C)CC(CC(=O)OC(C(F)(F)F)C(F)(F)F)(C(=O)OC1CCOC1=O)C(C)(C)C. The fourth-order valence-electron chi connectivity index (χ4n) is 3.51. The molecule has 1 aliphatic heterocycles. The summed E-state index contributed by atoms with van der Waals surface area (Å²) < 4.78 is 90.8. The van der Waals surface area contributed by atoms with Gasteiger partial charge < -0.3 is 14.2 Å². The maximum atomic E-state index is 13.2. The molecule has 0 aromatic carbocycles. The van der Waals surface area contributed by atoms with Crippen LogP contribution >= 0.6 is 0 Å². The standard InChI is InChI=1S/C20H28F6O6/c1-16(2,3)10-18(17(4,5)6,15(29)31-11-7-8-30-13(11)28)9-12(27)32-14(19(21,22)23)20(24,25)26/h11,14H,7-10H2,1-6H3.